The predicted molar refractivity (Wildman–Crippen MR) is 76.7 cm³/mol. The summed E-state index contributed by atoms with van der Waals surface area (Å²) in [4.78, 5) is 4.36. The molecule has 0 unspecified atom stereocenters. The highest BCUT2D eigenvalue weighted by atomic mass is 14.7. The Kier molecular flexibility index (Phi) is 5.15. The Balaban J connectivity index is 3.00. The highest BCUT2D eigenvalue weighted by molar-refractivity contribution is 6.12. The number of hydrogen-bond acceptors (Lipinski definition) is 1. The molecule has 1 rings (SSSR count). The summed E-state index contributed by atoms with van der Waals surface area (Å²) in [5, 5.41) is 0. The molecule has 0 aliphatic heterocycles. The number of nitrogens with zero attached hydrogens (tertiary/aromatic N) is 1. The maximum absolute atomic E-state index is 4.36. The summed E-state index contributed by atoms with van der Waals surface area (Å²) in [6.07, 6.45) is 7.69. The third kappa shape index (κ3) is 3.87. The fraction of sp³-hybridized carbons (Fsp3) is 0.188. The van der Waals surface area contributed by atoms with Crippen LogP contribution in [0.5, 0.6) is 0 Å². The topological polar surface area (TPSA) is 12.4 Å². The van der Waals surface area contributed by atoms with Crippen LogP contribution in [0.4, 0.5) is 0 Å². The maximum atomic E-state index is 4.36. The lowest BCUT2D eigenvalue weighted by molar-refractivity contribution is 1.38. The molecular weight excluding hydrogens is 206 g/mol. The van der Waals surface area contributed by atoms with Crippen molar-refractivity contribution in [2.75, 3.05) is 7.05 Å². The molecule has 0 spiro atoms. The number of aliphatic imine (C=N–C) groups is 1. The van der Waals surface area contributed by atoms with Crippen LogP contribution in [0.2, 0.25) is 0 Å². The van der Waals surface area contributed by atoms with Crippen molar-refractivity contribution in [3.63, 3.8) is 0 Å². The van der Waals surface area contributed by atoms with E-state index in [0.717, 1.165) is 16.8 Å². The molecule has 0 N–H and O–H groups in total. The largest absolute Gasteiger partial charge is 0.288 e. The second-order valence-electron chi connectivity index (χ2n) is 3.91. The third-order valence-corrected chi connectivity index (χ3v) is 2.52. The molecule has 1 nitrogen and oxygen atoms in total. The first-order valence-corrected chi connectivity index (χ1v) is 5.69. The van der Waals surface area contributed by atoms with E-state index in [0.29, 0.717) is 0 Å². The average molecular weight is 225 g/mol. The Morgan fingerprint density at radius 3 is 2.35 bits per heavy atom. The van der Waals surface area contributed by atoms with E-state index in [1.807, 2.05) is 25.3 Å². The number of benzene rings is 1. The van der Waals surface area contributed by atoms with E-state index < -0.39 is 0 Å². The van der Waals surface area contributed by atoms with Crippen LogP contribution >= 0.6 is 0 Å². The van der Waals surface area contributed by atoms with Gasteiger partial charge in [-0.2, -0.15) is 0 Å². The molecule has 88 valence electrons. The molecule has 1 heteroatoms. The lowest BCUT2D eigenvalue weighted by Gasteiger charge is -2.06. The monoisotopic (exact) mass is 225 g/mol. The van der Waals surface area contributed by atoms with Crippen molar-refractivity contribution in [2.45, 2.75) is 13.8 Å². The first kappa shape index (κ1) is 13.2. The molecule has 1 aromatic rings. The summed E-state index contributed by atoms with van der Waals surface area (Å²) in [6.45, 7) is 7.79. The molecule has 0 amide bonds. The van der Waals surface area contributed by atoms with Crippen LogP contribution in [0.3, 0.4) is 0 Å². The Morgan fingerprint density at radius 2 is 1.82 bits per heavy atom. The van der Waals surface area contributed by atoms with Gasteiger partial charge in [0.1, 0.15) is 0 Å². The van der Waals surface area contributed by atoms with Gasteiger partial charge in [0.2, 0.25) is 0 Å². The van der Waals surface area contributed by atoms with Crippen LogP contribution in [0.25, 0.3) is 0 Å². The second kappa shape index (κ2) is 6.64. The number of aryl methyl sites for hydroxylation is 1. The molecule has 0 radical (unpaired) electrons. The van der Waals surface area contributed by atoms with Crippen LogP contribution in [-0.2, 0) is 0 Å². The van der Waals surface area contributed by atoms with Crippen molar-refractivity contribution >= 4 is 5.71 Å². The molecule has 0 aliphatic carbocycles. The molecule has 0 atom stereocenters. The van der Waals surface area contributed by atoms with Gasteiger partial charge in [-0.15, -0.1) is 0 Å². The quantitative estimate of drug-likeness (QED) is 0.540. The summed E-state index contributed by atoms with van der Waals surface area (Å²) in [6, 6.07) is 8.42. The van der Waals surface area contributed by atoms with Crippen LogP contribution < -0.4 is 0 Å². The van der Waals surface area contributed by atoms with Gasteiger partial charge >= 0.3 is 0 Å². The Bertz CT molecular complexity index is 459. The number of allylic oxidation sites excluding steroid dienone is 5. The normalized spacial score (nSPS) is 13.1. The van der Waals surface area contributed by atoms with Crippen LogP contribution in [-0.4, -0.2) is 12.8 Å². The van der Waals surface area contributed by atoms with Crippen LogP contribution in [0.15, 0.2) is 65.7 Å². The van der Waals surface area contributed by atoms with Crippen LogP contribution in [0.1, 0.15) is 18.1 Å². The molecule has 0 aromatic heterocycles. The molecule has 0 saturated carbocycles. The number of hydrogen-bond donors (Lipinski definition) is 0. The fourth-order valence-electron chi connectivity index (χ4n) is 1.60. The molecule has 0 bridgehead atoms. The molecule has 0 fully saturated rings. The zero-order chi connectivity index (χ0) is 12.7. The van der Waals surface area contributed by atoms with E-state index in [1.54, 1.807) is 6.08 Å². The van der Waals surface area contributed by atoms with E-state index in [2.05, 4.69) is 49.7 Å². The highest BCUT2D eigenvalue weighted by Crippen LogP contribution is 2.11. The second-order valence-corrected chi connectivity index (χ2v) is 3.91. The van der Waals surface area contributed by atoms with Crippen molar-refractivity contribution < 1.29 is 0 Å². The van der Waals surface area contributed by atoms with E-state index in [-0.39, 0.29) is 0 Å². The van der Waals surface area contributed by atoms with Crippen molar-refractivity contribution in [1.82, 2.24) is 0 Å². The Hall–Kier alpha value is -1.89. The van der Waals surface area contributed by atoms with E-state index in [4.69, 9.17) is 0 Å². The zero-order valence-corrected chi connectivity index (χ0v) is 10.8. The van der Waals surface area contributed by atoms with Gasteiger partial charge in [-0.3, -0.25) is 4.99 Å². The summed E-state index contributed by atoms with van der Waals surface area (Å²) in [5.74, 6) is 0. The minimum absolute atomic E-state index is 1.03. The maximum Gasteiger partial charge on any atom is 0.0672 e. The van der Waals surface area contributed by atoms with Crippen LogP contribution in [0, 0.1) is 6.92 Å². The summed E-state index contributed by atoms with van der Waals surface area (Å²) >= 11 is 0. The molecular formula is C16H19N. The van der Waals surface area contributed by atoms with Gasteiger partial charge in [-0.05, 0) is 25.0 Å². The minimum Gasteiger partial charge on any atom is -0.288 e. The summed E-state index contributed by atoms with van der Waals surface area (Å²) in [5.41, 5.74) is 4.59. The lowest BCUT2D eigenvalue weighted by atomic mass is 10.0. The molecule has 0 saturated heterocycles. The average Bonchev–Trinajstić information content (AvgIpc) is 2.33. The first-order chi connectivity index (χ1) is 8.19. The van der Waals surface area contributed by atoms with Gasteiger partial charge in [0.15, 0.2) is 0 Å². The zero-order valence-electron chi connectivity index (χ0n) is 10.8. The predicted octanol–water partition coefficient (Wildman–Crippen LogP) is 4.10. The van der Waals surface area contributed by atoms with Crippen molar-refractivity contribution in [3.8, 4) is 0 Å². The fourth-order valence-corrected chi connectivity index (χ4v) is 1.60. The molecule has 1 aromatic carbocycles. The van der Waals surface area contributed by atoms with Gasteiger partial charge in [-0.1, -0.05) is 60.7 Å². The molecule has 0 heterocycles. The van der Waals surface area contributed by atoms with Gasteiger partial charge in [0.05, 0.1) is 5.71 Å². The van der Waals surface area contributed by atoms with E-state index >= 15 is 0 Å². The van der Waals surface area contributed by atoms with E-state index in [9.17, 15) is 0 Å². The first-order valence-electron chi connectivity index (χ1n) is 5.69. The van der Waals surface area contributed by atoms with Crippen molar-refractivity contribution in [1.29, 1.82) is 0 Å². The van der Waals surface area contributed by atoms with Gasteiger partial charge in [0, 0.05) is 7.05 Å². The van der Waals surface area contributed by atoms with Gasteiger partial charge in [-0.25, -0.2) is 0 Å². The highest BCUT2D eigenvalue weighted by Gasteiger charge is 2.03. The number of rotatable bonds is 4. The smallest absolute Gasteiger partial charge is 0.0672 e. The molecule has 0 aliphatic rings. The summed E-state index contributed by atoms with van der Waals surface area (Å²) in [7, 11) is 1.82. The summed E-state index contributed by atoms with van der Waals surface area (Å²) < 4.78 is 0. The van der Waals surface area contributed by atoms with E-state index in [1.165, 1.54) is 5.56 Å². The molecule has 17 heavy (non-hydrogen) atoms. The SMILES string of the molecule is C=C/C=C\C=C(/C)C(=NC)c1ccc(C)cc1. The minimum atomic E-state index is 1.03. The standard InChI is InChI=1S/C16H19N/c1-5-6-7-8-14(3)16(17-4)15-11-9-13(2)10-12-15/h5-12H,1H2,2-4H3/b7-6-,14-8+,17-16?. The van der Waals surface area contributed by atoms with Crippen molar-refractivity contribution in [3.05, 3.63) is 71.8 Å². The Morgan fingerprint density at radius 1 is 1.18 bits per heavy atom. The van der Waals surface area contributed by atoms with Crippen molar-refractivity contribution in [2.24, 2.45) is 4.99 Å². The lowest BCUT2D eigenvalue weighted by Crippen LogP contribution is -2.02. The van der Waals surface area contributed by atoms with Gasteiger partial charge < -0.3 is 0 Å². The Labute approximate surface area is 104 Å². The van der Waals surface area contributed by atoms with Gasteiger partial charge in [0.25, 0.3) is 0 Å². The third-order valence-electron chi connectivity index (χ3n) is 2.52.